The Labute approximate surface area is 179 Å². The van der Waals surface area contributed by atoms with Crippen LogP contribution in [-0.4, -0.2) is 47.0 Å². The zero-order valence-corrected chi connectivity index (χ0v) is 17.1. The molecule has 1 fully saturated rings. The van der Waals surface area contributed by atoms with Crippen LogP contribution in [-0.2, 0) is 0 Å². The van der Waals surface area contributed by atoms with Gasteiger partial charge < -0.3 is 15.1 Å². The summed E-state index contributed by atoms with van der Waals surface area (Å²) in [5.74, 6) is 1.31. The van der Waals surface area contributed by atoms with E-state index in [0.717, 1.165) is 5.69 Å². The number of nitrogens with zero attached hydrogens (tertiary/aromatic N) is 4. The van der Waals surface area contributed by atoms with Crippen molar-refractivity contribution in [1.29, 1.82) is 0 Å². The summed E-state index contributed by atoms with van der Waals surface area (Å²) in [5, 5.41) is 4.47. The lowest BCUT2D eigenvalue weighted by atomic mass is 10.2. The molecule has 1 N–H and O–H groups in total. The van der Waals surface area contributed by atoms with E-state index < -0.39 is 0 Å². The minimum absolute atomic E-state index is 0.0105. The van der Waals surface area contributed by atoms with Crippen molar-refractivity contribution in [2.24, 2.45) is 0 Å². The van der Waals surface area contributed by atoms with Gasteiger partial charge in [0.05, 0.1) is 10.7 Å². The third-order valence-corrected chi connectivity index (χ3v) is 5.30. The Morgan fingerprint density at radius 2 is 1.66 bits per heavy atom. The van der Waals surface area contributed by atoms with Crippen LogP contribution in [0.25, 0.3) is 0 Å². The summed E-state index contributed by atoms with van der Waals surface area (Å²) in [7, 11) is 0. The molecule has 3 aromatic rings. The number of benzene rings is 2. The Hall–Kier alpha value is -2.83. The van der Waals surface area contributed by atoms with Crippen LogP contribution in [0.15, 0.2) is 60.8 Å². The molecule has 1 aliphatic rings. The highest BCUT2D eigenvalue weighted by molar-refractivity contribution is 6.33. The van der Waals surface area contributed by atoms with Gasteiger partial charge >= 0.3 is 0 Å². The maximum atomic E-state index is 12.7. The van der Waals surface area contributed by atoms with Crippen LogP contribution < -0.4 is 10.2 Å². The summed E-state index contributed by atoms with van der Waals surface area (Å²) in [6, 6.07) is 16.3. The SMILES string of the molecule is O=C(c1ccc(Cl)cc1)N1CCN(c2nccc(Nc3ccccc3Cl)n2)CC1. The minimum Gasteiger partial charge on any atom is -0.339 e. The molecule has 0 atom stereocenters. The third-order valence-electron chi connectivity index (χ3n) is 4.72. The normalized spacial score (nSPS) is 14.0. The number of aromatic nitrogens is 2. The van der Waals surface area contributed by atoms with Crippen LogP contribution in [0.2, 0.25) is 10.0 Å². The third kappa shape index (κ3) is 4.60. The molecule has 1 aliphatic heterocycles. The van der Waals surface area contributed by atoms with Gasteiger partial charge in [0, 0.05) is 43.0 Å². The molecule has 2 aromatic carbocycles. The monoisotopic (exact) mass is 427 g/mol. The van der Waals surface area contributed by atoms with Crippen molar-refractivity contribution in [2.45, 2.75) is 0 Å². The number of para-hydroxylation sites is 1. The predicted molar refractivity (Wildman–Crippen MR) is 116 cm³/mol. The van der Waals surface area contributed by atoms with E-state index in [1.54, 1.807) is 36.5 Å². The van der Waals surface area contributed by atoms with E-state index in [1.807, 2.05) is 29.2 Å². The molecule has 29 heavy (non-hydrogen) atoms. The average molecular weight is 428 g/mol. The molecular weight excluding hydrogens is 409 g/mol. The first-order valence-electron chi connectivity index (χ1n) is 9.24. The van der Waals surface area contributed by atoms with Crippen molar-refractivity contribution >= 4 is 46.6 Å². The van der Waals surface area contributed by atoms with Crippen LogP contribution >= 0.6 is 23.2 Å². The Morgan fingerprint density at radius 3 is 2.38 bits per heavy atom. The second-order valence-corrected chi connectivity index (χ2v) is 7.48. The van der Waals surface area contributed by atoms with Crippen LogP contribution in [0.1, 0.15) is 10.4 Å². The molecule has 6 nitrogen and oxygen atoms in total. The van der Waals surface area contributed by atoms with E-state index in [-0.39, 0.29) is 5.91 Å². The van der Waals surface area contributed by atoms with Crippen LogP contribution in [0.3, 0.4) is 0 Å². The van der Waals surface area contributed by atoms with Crippen LogP contribution in [0.5, 0.6) is 0 Å². The van der Waals surface area contributed by atoms with Gasteiger partial charge in [0.2, 0.25) is 5.95 Å². The number of hydrogen-bond acceptors (Lipinski definition) is 5. The molecule has 0 spiro atoms. The smallest absolute Gasteiger partial charge is 0.253 e. The van der Waals surface area contributed by atoms with Gasteiger partial charge in [0.25, 0.3) is 5.91 Å². The molecule has 0 bridgehead atoms. The molecule has 1 saturated heterocycles. The van der Waals surface area contributed by atoms with E-state index in [4.69, 9.17) is 23.2 Å². The predicted octanol–water partition coefficient (Wildman–Crippen LogP) is 4.49. The lowest BCUT2D eigenvalue weighted by Gasteiger charge is -2.34. The largest absolute Gasteiger partial charge is 0.339 e. The van der Waals surface area contributed by atoms with E-state index >= 15 is 0 Å². The Bertz CT molecular complexity index is 1000. The fourth-order valence-electron chi connectivity index (χ4n) is 3.16. The van der Waals surface area contributed by atoms with Crippen molar-refractivity contribution in [3.8, 4) is 0 Å². The van der Waals surface area contributed by atoms with Gasteiger partial charge in [-0.3, -0.25) is 4.79 Å². The zero-order valence-electron chi connectivity index (χ0n) is 15.6. The van der Waals surface area contributed by atoms with Gasteiger partial charge in [-0.1, -0.05) is 35.3 Å². The molecule has 2 heterocycles. The van der Waals surface area contributed by atoms with Crippen molar-refractivity contribution < 1.29 is 4.79 Å². The molecule has 0 radical (unpaired) electrons. The highest BCUT2D eigenvalue weighted by Crippen LogP contribution is 2.24. The first kappa shape index (κ1) is 19.5. The zero-order chi connectivity index (χ0) is 20.2. The van der Waals surface area contributed by atoms with Gasteiger partial charge in [0.1, 0.15) is 5.82 Å². The highest BCUT2D eigenvalue weighted by atomic mass is 35.5. The second-order valence-electron chi connectivity index (χ2n) is 6.63. The summed E-state index contributed by atoms with van der Waals surface area (Å²) in [6.45, 7) is 2.53. The first-order valence-corrected chi connectivity index (χ1v) is 10.00. The quantitative estimate of drug-likeness (QED) is 0.664. The first-order chi connectivity index (χ1) is 14.1. The van der Waals surface area contributed by atoms with Crippen LogP contribution in [0.4, 0.5) is 17.5 Å². The molecule has 0 aliphatic carbocycles. The summed E-state index contributed by atoms with van der Waals surface area (Å²) in [6.07, 6.45) is 1.72. The Kier molecular flexibility index (Phi) is 5.83. The van der Waals surface area contributed by atoms with Crippen molar-refractivity contribution in [2.75, 3.05) is 36.4 Å². The van der Waals surface area contributed by atoms with Gasteiger partial charge in [-0.25, -0.2) is 4.98 Å². The molecule has 1 aromatic heterocycles. The van der Waals surface area contributed by atoms with E-state index in [9.17, 15) is 4.79 Å². The second kappa shape index (κ2) is 8.68. The molecule has 148 valence electrons. The highest BCUT2D eigenvalue weighted by Gasteiger charge is 2.23. The fourth-order valence-corrected chi connectivity index (χ4v) is 3.46. The number of piperazine rings is 1. The van der Waals surface area contributed by atoms with Gasteiger partial charge in [-0.05, 0) is 42.5 Å². The van der Waals surface area contributed by atoms with Crippen LogP contribution in [0, 0.1) is 0 Å². The fraction of sp³-hybridized carbons (Fsp3) is 0.190. The number of carbonyl (C=O) groups is 1. The molecular formula is C21H19Cl2N5O. The maximum absolute atomic E-state index is 12.7. The topological polar surface area (TPSA) is 61.4 Å². The minimum atomic E-state index is 0.0105. The molecule has 8 heteroatoms. The number of hydrogen-bond donors (Lipinski definition) is 1. The number of amides is 1. The van der Waals surface area contributed by atoms with E-state index in [0.29, 0.717) is 53.6 Å². The van der Waals surface area contributed by atoms with Crippen molar-refractivity contribution in [3.05, 3.63) is 76.4 Å². The summed E-state index contributed by atoms with van der Waals surface area (Å²) < 4.78 is 0. The Morgan fingerprint density at radius 1 is 0.931 bits per heavy atom. The lowest BCUT2D eigenvalue weighted by molar-refractivity contribution is 0.0746. The summed E-state index contributed by atoms with van der Waals surface area (Å²) in [4.78, 5) is 25.6. The summed E-state index contributed by atoms with van der Waals surface area (Å²) >= 11 is 12.1. The molecule has 1 amide bonds. The number of halogens is 2. The van der Waals surface area contributed by atoms with E-state index in [2.05, 4.69) is 20.2 Å². The number of carbonyl (C=O) groups excluding carboxylic acids is 1. The van der Waals surface area contributed by atoms with E-state index in [1.165, 1.54) is 0 Å². The van der Waals surface area contributed by atoms with Gasteiger partial charge in [-0.2, -0.15) is 4.98 Å². The summed E-state index contributed by atoms with van der Waals surface area (Å²) in [5.41, 5.74) is 1.43. The van der Waals surface area contributed by atoms with Gasteiger partial charge in [0.15, 0.2) is 0 Å². The molecule has 0 unspecified atom stereocenters. The van der Waals surface area contributed by atoms with Gasteiger partial charge in [-0.15, -0.1) is 0 Å². The maximum Gasteiger partial charge on any atom is 0.253 e. The average Bonchev–Trinajstić information content (AvgIpc) is 2.76. The standard InChI is InChI=1S/C21H19Cl2N5O/c22-16-7-5-15(6-8-16)20(29)27-11-13-28(14-12-27)21-24-10-9-19(26-21)25-18-4-2-1-3-17(18)23/h1-10H,11-14H2,(H,24,25,26). The van der Waals surface area contributed by atoms with Crippen molar-refractivity contribution in [3.63, 3.8) is 0 Å². The van der Waals surface area contributed by atoms with Crippen molar-refractivity contribution in [1.82, 2.24) is 14.9 Å². The number of nitrogens with one attached hydrogen (secondary N) is 1. The molecule has 0 saturated carbocycles. The number of rotatable bonds is 4. The Balaban J connectivity index is 1.40. The number of anilines is 3. The lowest BCUT2D eigenvalue weighted by Crippen LogP contribution is -2.49. The molecule has 4 rings (SSSR count).